The van der Waals surface area contributed by atoms with Crippen molar-refractivity contribution in [3.05, 3.63) is 79.9 Å². The van der Waals surface area contributed by atoms with Crippen LogP contribution in [0, 0.1) is 20.2 Å². The van der Waals surface area contributed by atoms with Crippen molar-refractivity contribution in [2.24, 2.45) is 4.99 Å². The van der Waals surface area contributed by atoms with Crippen molar-refractivity contribution < 1.29 is 33.7 Å². The maximum absolute atomic E-state index is 13.3. The van der Waals surface area contributed by atoms with Crippen LogP contribution in [0.4, 0.5) is 21.0 Å². The number of carbonyl (C=O) groups excluding carboxylic acids is 3. The number of alkyl carbamates (subject to hydrolysis) is 1. The summed E-state index contributed by atoms with van der Waals surface area (Å²) in [5, 5.41) is 23.7. The van der Waals surface area contributed by atoms with Gasteiger partial charge in [0.05, 0.1) is 22.2 Å². The first kappa shape index (κ1) is 30.2. The lowest BCUT2D eigenvalue weighted by Crippen LogP contribution is -2.47. The molecule has 0 saturated carbocycles. The van der Waals surface area contributed by atoms with Gasteiger partial charge >= 0.3 is 12.2 Å². The van der Waals surface area contributed by atoms with Gasteiger partial charge in [-0.2, -0.15) is 12.6 Å². The quantitative estimate of drug-likeness (QED) is 0.143. The van der Waals surface area contributed by atoms with Crippen LogP contribution >= 0.6 is 12.6 Å². The molecule has 2 aromatic rings. The topological polar surface area (TPSA) is 187 Å². The number of carbonyl (C=O) groups is 3. The number of nitrogens with one attached hydrogen (secondary N) is 1. The highest BCUT2D eigenvalue weighted by Crippen LogP contribution is 2.26. The van der Waals surface area contributed by atoms with Crippen LogP contribution < -0.4 is 5.32 Å². The molecule has 15 nitrogen and oxygen atoms in total. The number of rotatable bonds is 9. The minimum atomic E-state index is -0.753. The van der Waals surface area contributed by atoms with Crippen LogP contribution in [0.5, 0.6) is 0 Å². The van der Waals surface area contributed by atoms with Gasteiger partial charge in [0.2, 0.25) is 5.91 Å². The van der Waals surface area contributed by atoms with E-state index in [1.54, 1.807) is 4.90 Å². The third-order valence-corrected chi connectivity index (χ3v) is 7.14. The molecule has 0 bridgehead atoms. The highest BCUT2D eigenvalue weighted by Gasteiger charge is 2.42. The summed E-state index contributed by atoms with van der Waals surface area (Å²) >= 11 is 4.46. The second-order valence-corrected chi connectivity index (χ2v) is 10.4. The lowest BCUT2D eigenvalue weighted by Gasteiger charge is -2.27. The lowest BCUT2D eigenvalue weighted by molar-refractivity contribution is -0.385. The molecule has 0 spiro atoms. The van der Waals surface area contributed by atoms with Crippen LogP contribution in [0.2, 0.25) is 0 Å². The maximum Gasteiger partial charge on any atom is 0.412 e. The predicted molar refractivity (Wildman–Crippen MR) is 151 cm³/mol. The van der Waals surface area contributed by atoms with E-state index in [9.17, 15) is 34.6 Å². The molecular formula is C26H28N6O9S. The fraction of sp³-hybridized carbons (Fsp3) is 0.385. The molecule has 2 saturated heterocycles. The number of ether oxygens (including phenoxy) is 2. The Morgan fingerprint density at radius 3 is 2.10 bits per heavy atom. The monoisotopic (exact) mass is 600 g/mol. The number of amides is 3. The molecule has 42 heavy (non-hydrogen) atoms. The minimum absolute atomic E-state index is 0.0647. The fourth-order valence-corrected chi connectivity index (χ4v) is 4.94. The number of likely N-dealkylation sites (tertiary alicyclic amines) is 2. The predicted octanol–water partition coefficient (Wildman–Crippen LogP) is 3.07. The first-order valence-electron chi connectivity index (χ1n) is 12.9. The van der Waals surface area contributed by atoms with Gasteiger partial charge in [0.1, 0.15) is 19.3 Å². The zero-order chi connectivity index (χ0) is 30.2. The molecular weight excluding hydrogens is 572 g/mol. The molecule has 1 N–H and O–H groups in total. The summed E-state index contributed by atoms with van der Waals surface area (Å²) in [6.45, 7) is 0.776. The molecule has 0 radical (unpaired) electrons. The van der Waals surface area contributed by atoms with Crippen LogP contribution in [-0.2, 0) is 27.5 Å². The number of nitro groups is 2. The number of nitrogens with zero attached hydrogens (tertiary/aromatic N) is 5. The minimum Gasteiger partial charge on any atom is -0.445 e. The summed E-state index contributed by atoms with van der Waals surface area (Å²) in [5.74, 6) is -0.244. The van der Waals surface area contributed by atoms with E-state index in [0.29, 0.717) is 37.1 Å². The van der Waals surface area contributed by atoms with E-state index in [1.165, 1.54) is 59.8 Å². The van der Waals surface area contributed by atoms with Crippen molar-refractivity contribution in [1.29, 1.82) is 0 Å². The SMILES string of the molecule is O=C(NC=N[C@@H]1CCN(C(=O)[C@@H]2C[C@H](S)CN2C(=O)OCc2ccc([N+](=O)[O-])cc2)C1)OCc1ccc([N+](=O)[O-])cc1. The fourth-order valence-electron chi connectivity index (χ4n) is 4.57. The van der Waals surface area contributed by atoms with Crippen LogP contribution in [-0.4, -0.2) is 81.0 Å². The lowest BCUT2D eigenvalue weighted by atomic mass is 10.2. The average Bonchev–Trinajstić information content (AvgIpc) is 3.61. The smallest absolute Gasteiger partial charge is 0.412 e. The van der Waals surface area contributed by atoms with Gasteiger partial charge in [0.15, 0.2) is 0 Å². The third kappa shape index (κ3) is 7.93. The Labute approximate surface area is 245 Å². The molecule has 2 aliphatic rings. The second-order valence-electron chi connectivity index (χ2n) is 9.68. The van der Waals surface area contributed by atoms with Gasteiger partial charge in [0.25, 0.3) is 11.4 Å². The standard InChI is InChI=1S/C26H28N6O9S/c33-24(23-11-22(42)13-30(23)26(35)41-15-18-3-7-21(8-4-18)32(38)39)29-10-9-19(12-29)27-16-28-25(34)40-14-17-1-5-20(6-2-17)31(36)37/h1-8,16,19,22-23,42H,9-15H2,(H,27,28,34)/t19-,22+,23+/m1/s1. The normalized spacial score (nSPS) is 20.0. The molecule has 4 rings (SSSR count). The number of nitro benzene ring substituents is 2. The number of thiol groups is 1. The number of hydrogen-bond acceptors (Lipinski definition) is 11. The van der Waals surface area contributed by atoms with Crippen LogP contribution in [0.1, 0.15) is 24.0 Å². The highest BCUT2D eigenvalue weighted by atomic mass is 32.1. The zero-order valence-corrected chi connectivity index (χ0v) is 23.1. The molecule has 0 aromatic heterocycles. The first-order chi connectivity index (χ1) is 20.1. The molecule has 0 unspecified atom stereocenters. The zero-order valence-electron chi connectivity index (χ0n) is 22.2. The molecule has 3 amide bonds. The maximum atomic E-state index is 13.3. The molecule has 222 valence electrons. The van der Waals surface area contributed by atoms with Crippen LogP contribution in [0.15, 0.2) is 53.5 Å². The van der Waals surface area contributed by atoms with Gasteiger partial charge < -0.3 is 14.4 Å². The molecule has 16 heteroatoms. The van der Waals surface area contributed by atoms with E-state index < -0.39 is 28.1 Å². The third-order valence-electron chi connectivity index (χ3n) is 6.77. The van der Waals surface area contributed by atoms with E-state index in [1.807, 2.05) is 0 Å². The summed E-state index contributed by atoms with van der Waals surface area (Å²) in [6, 6.07) is 10.2. The van der Waals surface area contributed by atoms with Gasteiger partial charge in [-0.05, 0) is 48.2 Å². The Bertz CT molecular complexity index is 1360. The Hall–Kier alpha value is -4.73. The molecule has 2 aliphatic heterocycles. The van der Waals surface area contributed by atoms with Crippen molar-refractivity contribution in [2.45, 2.75) is 43.4 Å². The summed E-state index contributed by atoms with van der Waals surface area (Å²) in [7, 11) is 0. The van der Waals surface area contributed by atoms with Crippen molar-refractivity contribution in [1.82, 2.24) is 15.1 Å². The summed E-state index contributed by atoms with van der Waals surface area (Å²) < 4.78 is 10.4. The molecule has 2 heterocycles. The van der Waals surface area contributed by atoms with Gasteiger partial charge in [0, 0.05) is 49.1 Å². The second kappa shape index (κ2) is 13.8. The van der Waals surface area contributed by atoms with Gasteiger partial charge in [-0.3, -0.25) is 40.2 Å². The Balaban J connectivity index is 1.22. The van der Waals surface area contributed by atoms with Gasteiger partial charge in [-0.1, -0.05) is 0 Å². The Kier molecular flexibility index (Phi) is 9.90. The van der Waals surface area contributed by atoms with E-state index >= 15 is 0 Å². The number of aliphatic imine (C=N–C) groups is 1. The van der Waals surface area contributed by atoms with Crippen molar-refractivity contribution >= 4 is 48.4 Å². The van der Waals surface area contributed by atoms with E-state index in [2.05, 4.69) is 22.9 Å². The van der Waals surface area contributed by atoms with E-state index in [-0.39, 0.29) is 48.3 Å². The highest BCUT2D eigenvalue weighted by molar-refractivity contribution is 7.81. The van der Waals surface area contributed by atoms with Gasteiger partial charge in [-0.15, -0.1) is 0 Å². The largest absolute Gasteiger partial charge is 0.445 e. The molecule has 3 atom stereocenters. The summed E-state index contributed by atoms with van der Waals surface area (Å²) in [4.78, 5) is 65.8. The van der Waals surface area contributed by atoms with E-state index in [0.717, 1.165) is 0 Å². The Morgan fingerprint density at radius 2 is 1.52 bits per heavy atom. The summed E-state index contributed by atoms with van der Waals surface area (Å²) in [5.41, 5.74) is 1.02. The van der Waals surface area contributed by atoms with Crippen molar-refractivity contribution in [3.8, 4) is 0 Å². The molecule has 2 fully saturated rings. The van der Waals surface area contributed by atoms with E-state index in [4.69, 9.17) is 9.47 Å². The van der Waals surface area contributed by atoms with Gasteiger partial charge in [-0.25, -0.2) is 9.59 Å². The molecule has 2 aromatic carbocycles. The van der Waals surface area contributed by atoms with Crippen molar-refractivity contribution in [3.63, 3.8) is 0 Å². The number of benzene rings is 2. The Morgan fingerprint density at radius 1 is 0.952 bits per heavy atom. The van der Waals surface area contributed by atoms with Crippen LogP contribution in [0.3, 0.4) is 0 Å². The molecule has 0 aliphatic carbocycles. The van der Waals surface area contributed by atoms with Crippen LogP contribution in [0.25, 0.3) is 0 Å². The van der Waals surface area contributed by atoms with Crippen molar-refractivity contribution in [2.75, 3.05) is 19.6 Å². The first-order valence-corrected chi connectivity index (χ1v) is 13.4. The average molecular weight is 601 g/mol. The number of hydrogen-bond donors (Lipinski definition) is 2. The summed E-state index contributed by atoms with van der Waals surface area (Å²) in [6.07, 6.45) is 0.702. The number of non-ortho nitro benzene ring substituents is 2.